The van der Waals surface area contributed by atoms with Crippen LogP contribution in [0.3, 0.4) is 0 Å². The van der Waals surface area contributed by atoms with Gasteiger partial charge in [0.15, 0.2) is 0 Å². The summed E-state index contributed by atoms with van der Waals surface area (Å²) in [4.78, 5) is 7.88. The number of anilines is 1. The Bertz CT molecular complexity index is 899. The van der Waals surface area contributed by atoms with Gasteiger partial charge in [-0.3, -0.25) is 4.98 Å². The molecule has 2 aromatic heterocycles. The molecule has 0 atom stereocenters. The molecule has 0 amide bonds. The fourth-order valence-electron chi connectivity index (χ4n) is 2.31. The van der Waals surface area contributed by atoms with Crippen LogP contribution in [-0.4, -0.2) is 20.2 Å². The first-order chi connectivity index (χ1) is 11.4. The summed E-state index contributed by atoms with van der Waals surface area (Å²) in [6.07, 6.45) is -2.73. The van der Waals surface area contributed by atoms with Gasteiger partial charge in [-0.2, -0.15) is 0 Å². The maximum Gasteiger partial charge on any atom is 0.280 e. The largest absolute Gasteiger partial charge is 0.366 e. The monoisotopic (exact) mass is 331 g/mol. The van der Waals surface area contributed by atoms with Crippen molar-refractivity contribution in [3.05, 3.63) is 53.6 Å². The van der Waals surface area contributed by atoms with Crippen molar-refractivity contribution in [1.82, 2.24) is 20.2 Å². The van der Waals surface area contributed by atoms with Crippen LogP contribution in [0.2, 0.25) is 0 Å². The molecule has 0 aliphatic heterocycles. The summed E-state index contributed by atoms with van der Waals surface area (Å²) in [7, 11) is 0. The number of nitrogen functional groups attached to an aromatic ring is 1. The molecule has 0 saturated carbocycles. The lowest BCUT2D eigenvalue weighted by Crippen LogP contribution is -2.03. The van der Waals surface area contributed by atoms with Crippen molar-refractivity contribution < 1.29 is 13.2 Å². The molecule has 5 nitrogen and oxygen atoms in total. The highest BCUT2D eigenvalue weighted by atomic mass is 19.3. The van der Waals surface area contributed by atoms with E-state index in [4.69, 9.17) is 5.73 Å². The normalized spacial score (nSPS) is 11.0. The first kappa shape index (κ1) is 15.9. The number of hydrogen-bond donors (Lipinski definition) is 1. The molecule has 0 radical (unpaired) electrons. The number of aromatic nitrogens is 4. The fourth-order valence-corrected chi connectivity index (χ4v) is 2.31. The Morgan fingerprint density at radius 3 is 2.46 bits per heavy atom. The average molecular weight is 331 g/mol. The van der Waals surface area contributed by atoms with E-state index in [2.05, 4.69) is 20.2 Å². The Hall–Kier alpha value is -3.03. The third-order valence-corrected chi connectivity index (χ3v) is 3.27. The van der Waals surface area contributed by atoms with Crippen molar-refractivity contribution >= 4 is 5.95 Å². The highest BCUT2D eigenvalue weighted by Crippen LogP contribution is 2.31. The summed E-state index contributed by atoms with van der Waals surface area (Å²) < 4.78 is 39.5. The number of nitrogens with zero attached hydrogens (tertiary/aromatic N) is 4. The Labute approximate surface area is 135 Å². The Kier molecular flexibility index (Phi) is 4.11. The van der Waals surface area contributed by atoms with Crippen LogP contribution in [0.4, 0.5) is 19.1 Å². The van der Waals surface area contributed by atoms with Gasteiger partial charge in [-0.1, -0.05) is 12.1 Å². The van der Waals surface area contributed by atoms with E-state index in [1.807, 2.05) is 0 Å². The maximum atomic E-state index is 13.5. The zero-order valence-corrected chi connectivity index (χ0v) is 12.5. The van der Waals surface area contributed by atoms with Crippen molar-refractivity contribution in [2.75, 3.05) is 5.73 Å². The second-order valence-corrected chi connectivity index (χ2v) is 5.10. The fraction of sp³-hybridized carbons (Fsp3) is 0.125. The molecule has 3 rings (SSSR count). The van der Waals surface area contributed by atoms with E-state index < -0.39 is 12.2 Å². The molecule has 0 aliphatic rings. The predicted molar refractivity (Wildman–Crippen MR) is 82.6 cm³/mol. The first-order valence-electron chi connectivity index (χ1n) is 6.97. The number of aryl methyl sites for hydroxylation is 1. The molecule has 0 spiro atoms. The molecule has 122 valence electrons. The lowest BCUT2D eigenvalue weighted by Gasteiger charge is -2.10. The van der Waals surface area contributed by atoms with Crippen molar-refractivity contribution in [2.24, 2.45) is 0 Å². The SMILES string of the molecule is Cc1cc(-c2nnc(N)nc2-c2cccc(F)c2)cc(C(F)F)n1. The lowest BCUT2D eigenvalue weighted by molar-refractivity contribution is 0.146. The van der Waals surface area contributed by atoms with Crippen LogP contribution in [0.15, 0.2) is 36.4 Å². The number of hydrogen-bond acceptors (Lipinski definition) is 5. The molecule has 2 heterocycles. The molecule has 0 aliphatic carbocycles. The minimum absolute atomic E-state index is 0.0992. The van der Waals surface area contributed by atoms with E-state index in [0.29, 0.717) is 16.8 Å². The van der Waals surface area contributed by atoms with Crippen molar-refractivity contribution in [1.29, 1.82) is 0 Å². The Balaban J connectivity index is 2.22. The zero-order chi connectivity index (χ0) is 17.3. The van der Waals surface area contributed by atoms with Gasteiger partial charge < -0.3 is 5.73 Å². The smallest absolute Gasteiger partial charge is 0.280 e. The van der Waals surface area contributed by atoms with Gasteiger partial charge in [0.1, 0.15) is 22.9 Å². The third-order valence-electron chi connectivity index (χ3n) is 3.27. The summed E-state index contributed by atoms with van der Waals surface area (Å²) in [5.74, 6) is -0.562. The second kappa shape index (κ2) is 6.23. The molecule has 8 heteroatoms. The van der Waals surface area contributed by atoms with Gasteiger partial charge in [0.2, 0.25) is 5.95 Å². The van der Waals surface area contributed by atoms with Gasteiger partial charge in [0.05, 0.1) is 0 Å². The van der Waals surface area contributed by atoms with E-state index in [0.717, 1.165) is 0 Å². The van der Waals surface area contributed by atoms with E-state index in [-0.39, 0.29) is 23.0 Å². The summed E-state index contributed by atoms with van der Waals surface area (Å²) >= 11 is 0. The van der Waals surface area contributed by atoms with Crippen molar-refractivity contribution in [3.63, 3.8) is 0 Å². The quantitative estimate of drug-likeness (QED) is 0.794. The van der Waals surface area contributed by atoms with E-state index in [9.17, 15) is 13.2 Å². The van der Waals surface area contributed by atoms with Gasteiger partial charge >= 0.3 is 0 Å². The van der Waals surface area contributed by atoms with Gasteiger partial charge in [-0.15, -0.1) is 10.2 Å². The second-order valence-electron chi connectivity index (χ2n) is 5.10. The molecule has 0 unspecified atom stereocenters. The Morgan fingerprint density at radius 2 is 1.75 bits per heavy atom. The van der Waals surface area contributed by atoms with Crippen LogP contribution in [0.1, 0.15) is 17.8 Å². The summed E-state index contributed by atoms with van der Waals surface area (Å²) in [5.41, 5.74) is 6.85. The lowest BCUT2D eigenvalue weighted by atomic mass is 10.0. The van der Waals surface area contributed by atoms with E-state index in [1.54, 1.807) is 19.1 Å². The number of halogens is 3. The van der Waals surface area contributed by atoms with Crippen molar-refractivity contribution in [2.45, 2.75) is 13.3 Å². The highest BCUT2D eigenvalue weighted by Gasteiger charge is 2.17. The maximum absolute atomic E-state index is 13.5. The van der Waals surface area contributed by atoms with Gasteiger partial charge in [0.25, 0.3) is 6.43 Å². The molecule has 1 aromatic carbocycles. The first-order valence-corrected chi connectivity index (χ1v) is 6.97. The molecule has 0 bridgehead atoms. The molecular weight excluding hydrogens is 319 g/mol. The third kappa shape index (κ3) is 3.17. The molecule has 2 N–H and O–H groups in total. The molecule has 0 saturated heterocycles. The van der Waals surface area contributed by atoms with Crippen LogP contribution in [-0.2, 0) is 0 Å². The number of rotatable bonds is 3. The van der Waals surface area contributed by atoms with Crippen LogP contribution >= 0.6 is 0 Å². The number of benzene rings is 1. The predicted octanol–water partition coefficient (Wildman–Crippen LogP) is 3.57. The molecular formula is C16H12F3N5. The highest BCUT2D eigenvalue weighted by molar-refractivity contribution is 5.78. The minimum Gasteiger partial charge on any atom is -0.366 e. The van der Waals surface area contributed by atoms with Crippen LogP contribution in [0.5, 0.6) is 0 Å². The summed E-state index contributed by atoms with van der Waals surface area (Å²) in [5, 5.41) is 7.65. The molecule has 3 aromatic rings. The Morgan fingerprint density at radius 1 is 0.958 bits per heavy atom. The van der Waals surface area contributed by atoms with Gasteiger partial charge in [-0.05, 0) is 31.2 Å². The van der Waals surface area contributed by atoms with Gasteiger partial charge in [-0.25, -0.2) is 18.2 Å². The topological polar surface area (TPSA) is 77.6 Å². The van der Waals surface area contributed by atoms with Crippen molar-refractivity contribution in [3.8, 4) is 22.5 Å². The molecule has 24 heavy (non-hydrogen) atoms. The number of nitrogens with two attached hydrogens (primary N) is 1. The zero-order valence-electron chi connectivity index (χ0n) is 12.5. The number of pyridine rings is 1. The average Bonchev–Trinajstić information content (AvgIpc) is 2.54. The standard InChI is InChI=1S/C16H12F3N5/c1-8-5-10(7-12(21-8)15(18)19)14-13(22-16(20)24-23-14)9-3-2-4-11(17)6-9/h2-7,15H,1H3,(H2,20,22,24). The summed E-state index contributed by atoms with van der Waals surface area (Å²) in [6.45, 7) is 1.59. The van der Waals surface area contributed by atoms with Crippen LogP contribution in [0, 0.1) is 12.7 Å². The van der Waals surface area contributed by atoms with Gasteiger partial charge in [0, 0.05) is 16.8 Å². The number of alkyl halides is 2. The minimum atomic E-state index is -2.73. The van der Waals surface area contributed by atoms with Crippen LogP contribution < -0.4 is 5.73 Å². The van der Waals surface area contributed by atoms with Crippen LogP contribution in [0.25, 0.3) is 22.5 Å². The summed E-state index contributed by atoms with van der Waals surface area (Å²) in [6, 6.07) is 8.47. The molecule has 0 fully saturated rings. The van der Waals surface area contributed by atoms with E-state index in [1.165, 1.54) is 24.3 Å². The van der Waals surface area contributed by atoms with E-state index >= 15 is 0 Å².